The molecule has 0 radical (unpaired) electrons. The number of fused-ring (bicyclic) bond motifs is 1. The predicted octanol–water partition coefficient (Wildman–Crippen LogP) is 3.64. The number of carbonyl (C=O) groups is 1. The summed E-state index contributed by atoms with van der Waals surface area (Å²) in [6, 6.07) is 17.1. The molecule has 32 heavy (non-hydrogen) atoms. The highest BCUT2D eigenvalue weighted by Gasteiger charge is 2.35. The smallest absolute Gasteiger partial charge is 0.293 e. The topological polar surface area (TPSA) is 62.8 Å². The van der Waals surface area contributed by atoms with E-state index in [0.717, 1.165) is 36.3 Å². The molecule has 0 aliphatic carbocycles. The minimum atomic E-state index is -0.243. The maximum Gasteiger partial charge on any atom is 0.297 e. The van der Waals surface area contributed by atoms with Crippen molar-refractivity contribution in [1.82, 2.24) is 14.3 Å². The summed E-state index contributed by atoms with van der Waals surface area (Å²) < 4.78 is 3.36. The number of hydrogen-bond acceptors (Lipinski definition) is 4. The zero-order chi connectivity index (χ0) is 22.8. The summed E-state index contributed by atoms with van der Waals surface area (Å²) in [4.78, 5) is 35.3. The first-order chi connectivity index (χ1) is 15.4. The summed E-state index contributed by atoms with van der Waals surface area (Å²) in [5.41, 5.74) is 3.41. The van der Waals surface area contributed by atoms with E-state index in [4.69, 9.17) is 0 Å². The Bertz CT molecular complexity index is 1220. The number of aliphatic imine (C=N–C) groups is 1. The van der Waals surface area contributed by atoms with Crippen molar-refractivity contribution in [2.24, 2.45) is 12.0 Å². The summed E-state index contributed by atoms with van der Waals surface area (Å²) in [6.45, 7) is 5.40. The first kappa shape index (κ1) is 21.8. The van der Waals surface area contributed by atoms with Gasteiger partial charge in [-0.2, -0.15) is 0 Å². The van der Waals surface area contributed by atoms with E-state index in [1.807, 2.05) is 75.6 Å². The van der Waals surface area contributed by atoms with Gasteiger partial charge in [0.15, 0.2) is 5.69 Å². The molecule has 2 heterocycles. The molecule has 0 saturated heterocycles. The Morgan fingerprint density at radius 2 is 1.69 bits per heavy atom. The van der Waals surface area contributed by atoms with E-state index in [-0.39, 0.29) is 17.2 Å². The number of benzene rings is 2. The summed E-state index contributed by atoms with van der Waals surface area (Å²) >= 11 is 0. The molecular weight excluding hydrogens is 402 g/mol. The molecule has 1 amide bonds. The Morgan fingerprint density at radius 3 is 2.41 bits per heavy atom. The minimum absolute atomic E-state index is 0.177. The number of hydrogen-bond donors (Lipinski definition) is 0. The zero-order valence-corrected chi connectivity index (χ0v) is 19.1. The molecule has 0 spiro atoms. The summed E-state index contributed by atoms with van der Waals surface area (Å²) in [7, 11) is 3.84. The Kier molecular flexibility index (Phi) is 6.10. The fraction of sp³-hybridized carbons (Fsp3) is 0.320. The van der Waals surface area contributed by atoms with Crippen LogP contribution in [0.5, 0.6) is 0 Å². The lowest BCUT2D eigenvalue weighted by atomic mass is 10.1. The van der Waals surface area contributed by atoms with Gasteiger partial charge < -0.3 is 0 Å². The van der Waals surface area contributed by atoms with E-state index in [0.29, 0.717) is 18.1 Å². The second kappa shape index (κ2) is 8.96. The molecule has 1 aromatic heterocycles. The molecule has 0 N–H and O–H groups in total. The number of aromatic nitrogens is 2. The second-order valence-electron chi connectivity index (χ2n) is 8.20. The number of para-hydroxylation sites is 2. The number of carbonyl (C=O) groups excluding carboxylic acids is 1. The molecule has 0 saturated carbocycles. The molecule has 7 heteroatoms. The molecular formula is C25H29N5O2. The van der Waals surface area contributed by atoms with Crippen LogP contribution in [0, 0.1) is 6.92 Å². The van der Waals surface area contributed by atoms with Crippen LogP contribution < -0.4 is 10.5 Å². The number of amides is 1. The van der Waals surface area contributed by atoms with Crippen molar-refractivity contribution in [3.05, 3.63) is 76.2 Å². The molecule has 0 bridgehead atoms. The molecule has 7 nitrogen and oxygen atoms in total. The van der Waals surface area contributed by atoms with E-state index in [2.05, 4.69) is 16.8 Å². The first-order valence-electron chi connectivity index (χ1n) is 11.0. The Balaban J connectivity index is 1.77. The van der Waals surface area contributed by atoms with E-state index in [1.54, 1.807) is 14.3 Å². The Morgan fingerprint density at radius 1 is 1.00 bits per heavy atom. The lowest BCUT2D eigenvalue weighted by Crippen LogP contribution is -2.39. The summed E-state index contributed by atoms with van der Waals surface area (Å²) in [6.07, 6.45) is 2.17. The standard InChI is InChI=1S/C25H29N5O2/c1-5-6-16-27(3)17-29-21-15-11-10-14-20(21)23(24(29)31)26-22-18(2)28(4)30(25(22)32)19-12-8-7-9-13-19/h7-15H,5-6,16-17H2,1-4H3. The lowest BCUT2D eigenvalue weighted by molar-refractivity contribution is -0.112. The highest BCUT2D eigenvalue weighted by atomic mass is 16.2. The van der Waals surface area contributed by atoms with E-state index in [9.17, 15) is 9.59 Å². The van der Waals surface area contributed by atoms with Crippen LogP contribution in [0.25, 0.3) is 5.69 Å². The molecule has 4 rings (SSSR count). The summed E-state index contributed by atoms with van der Waals surface area (Å²) in [5.74, 6) is -0.177. The first-order valence-corrected chi connectivity index (χ1v) is 11.0. The van der Waals surface area contributed by atoms with Crippen LogP contribution in [-0.2, 0) is 11.8 Å². The molecule has 0 unspecified atom stereocenters. The quantitative estimate of drug-likeness (QED) is 0.574. The molecule has 1 aliphatic heterocycles. The van der Waals surface area contributed by atoms with Crippen LogP contribution in [0.3, 0.4) is 0 Å². The molecule has 0 fully saturated rings. The third-order valence-electron chi connectivity index (χ3n) is 5.92. The van der Waals surface area contributed by atoms with Gasteiger partial charge >= 0.3 is 0 Å². The van der Waals surface area contributed by atoms with E-state index >= 15 is 0 Å². The highest BCUT2D eigenvalue weighted by molar-refractivity contribution is 6.54. The number of nitrogens with zero attached hydrogens (tertiary/aromatic N) is 5. The zero-order valence-electron chi connectivity index (χ0n) is 19.1. The Labute approximate surface area is 188 Å². The minimum Gasteiger partial charge on any atom is -0.293 e. The van der Waals surface area contributed by atoms with Crippen molar-refractivity contribution in [3.63, 3.8) is 0 Å². The summed E-state index contributed by atoms with van der Waals surface area (Å²) in [5, 5.41) is 0. The van der Waals surface area contributed by atoms with Gasteiger partial charge in [0.2, 0.25) is 0 Å². The SMILES string of the molecule is CCCCN(C)CN1C(=O)C(=Nc2c(C)n(C)n(-c3ccccc3)c2=O)c2ccccc21. The monoisotopic (exact) mass is 431 g/mol. The van der Waals surface area contributed by atoms with Gasteiger partial charge in [-0.15, -0.1) is 0 Å². The van der Waals surface area contributed by atoms with Crippen LogP contribution in [0.15, 0.2) is 64.4 Å². The molecule has 2 aromatic carbocycles. The number of unbranched alkanes of at least 4 members (excludes halogenated alkanes) is 1. The largest absolute Gasteiger partial charge is 0.297 e. The van der Waals surface area contributed by atoms with Gasteiger partial charge in [-0.05, 0) is 45.1 Å². The second-order valence-corrected chi connectivity index (χ2v) is 8.20. The van der Waals surface area contributed by atoms with Gasteiger partial charge in [0, 0.05) is 12.6 Å². The van der Waals surface area contributed by atoms with Crippen LogP contribution >= 0.6 is 0 Å². The van der Waals surface area contributed by atoms with Crippen LogP contribution in [0.4, 0.5) is 11.4 Å². The average molecular weight is 432 g/mol. The fourth-order valence-corrected chi connectivity index (χ4v) is 4.05. The van der Waals surface area contributed by atoms with Gasteiger partial charge in [-0.1, -0.05) is 49.7 Å². The molecule has 166 valence electrons. The highest BCUT2D eigenvalue weighted by Crippen LogP contribution is 2.31. The predicted molar refractivity (Wildman–Crippen MR) is 128 cm³/mol. The third-order valence-corrected chi connectivity index (χ3v) is 5.92. The van der Waals surface area contributed by atoms with E-state index in [1.165, 1.54) is 0 Å². The fourth-order valence-electron chi connectivity index (χ4n) is 4.05. The maximum atomic E-state index is 13.4. The van der Waals surface area contributed by atoms with Crippen LogP contribution in [0.1, 0.15) is 31.0 Å². The number of rotatable bonds is 7. The normalized spacial score (nSPS) is 14.6. The van der Waals surface area contributed by atoms with Crippen LogP contribution in [0.2, 0.25) is 0 Å². The van der Waals surface area contributed by atoms with Gasteiger partial charge in [-0.3, -0.25) is 24.1 Å². The molecule has 0 atom stereocenters. The van der Waals surface area contributed by atoms with Crippen molar-refractivity contribution < 1.29 is 4.79 Å². The third kappa shape index (κ3) is 3.80. The van der Waals surface area contributed by atoms with Crippen molar-refractivity contribution in [2.45, 2.75) is 26.7 Å². The van der Waals surface area contributed by atoms with Gasteiger partial charge in [0.25, 0.3) is 11.5 Å². The van der Waals surface area contributed by atoms with Crippen molar-refractivity contribution >= 4 is 23.0 Å². The molecule has 3 aromatic rings. The molecule has 1 aliphatic rings. The van der Waals surface area contributed by atoms with Gasteiger partial charge in [-0.25, -0.2) is 9.67 Å². The maximum absolute atomic E-state index is 13.4. The van der Waals surface area contributed by atoms with E-state index < -0.39 is 0 Å². The average Bonchev–Trinajstić information content (AvgIpc) is 3.18. The lowest BCUT2D eigenvalue weighted by Gasteiger charge is -2.24. The van der Waals surface area contributed by atoms with Gasteiger partial charge in [0.05, 0.1) is 23.7 Å². The Hall–Kier alpha value is -3.45. The van der Waals surface area contributed by atoms with Crippen molar-refractivity contribution in [3.8, 4) is 5.69 Å². The van der Waals surface area contributed by atoms with Crippen molar-refractivity contribution in [2.75, 3.05) is 25.2 Å². The number of anilines is 1. The van der Waals surface area contributed by atoms with Gasteiger partial charge in [0.1, 0.15) is 5.71 Å². The van der Waals surface area contributed by atoms with Crippen LogP contribution in [-0.4, -0.2) is 46.1 Å². The van der Waals surface area contributed by atoms with Crippen molar-refractivity contribution in [1.29, 1.82) is 0 Å².